The second-order valence-electron chi connectivity index (χ2n) is 5.63. The average Bonchev–Trinajstić information content (AvgIpc) is 3.02. The van der Waals surface area contributed by atoms with Crippen LogP contribution >= 0.6 is 22.7 Å². The van der Waals surface area contributed by atoms with Crippen molar-refractivity contribution in [3.63, 3.8) is 0 Å². The smallest absolute Gasteiger partial charge is 0.269 e. The molecule has 6 heteroatoms. The Kier molecular flexibility index (Phi) is 4.88. The van der Waals surface area contributed by atoms with E-state index >= 15 is 0 Å². The lowest BCUT2D eigenvalue weighted by Gasteiger charge is -2.06. The summed E-state index contributed by atoms with van der Waals surface area (Å²) in [6.07, 6.45) is 8.04. The van der Waals surface area contributed by atoms with Gasteiger partial charge in [0.2, 0.25) is 0 Å². The SMILES string of the molecule is CCc1nc(C)c(C(=O)Nc2nc3c(s2)CCCCCC3)s1. The monoisotopic (exact) mass is 335 g/mol. The molecule has 4 nitrogen and oxygen atoms in total. The van der Waals surface area contributed by atoms with E-state index in [2.05, 4.69) is 22.2 Å². The zero-order valence-electron chi connectivity index (χ0n) is 13.1. The molecule has 0 bridgehead atoms. The standard InChI is InChI=1S/C16H21N3OS2/c1-3-13-17-10(2)14(22-13)15(20)19-16-18-11-8-6-4-5-7-9-12(11)21-16/h3-9H2,1-2H3,(H,18,19,20). The number of aryl methyl sites for hydroxylation is 4. The number of aromatic nitrogens is 2. The minimum absolute atomic E-state index is 0.0728. The number of thiazole rings is 2. The third kappa shape index (κ3) is 3.38. The molecule has 0 fully saturated rings. The zero-order valence-corrected chi connectivity index (χ0v) is 14.7. The van der Waals surface area contributed by atoms with Gasteiger partial charge in [0, 0.05) is 4.88 Å². The minimum atomic E-state index is -0.0728. The van der Waals surface area contributed by atoms with Crippen molar-refractivity contribution >= 4 is 33.7 Å². The Bertz CT molecular complexity index is 649. The highest BCUT2D eigenvalue weighted by molar-refractivity contribution is 7.16. The molecule has 0 aromatic carbocycles. The highest BCUT2D eigenvalue weighted by atomic mass is 32.1. The van der Waals surface area contributed by atoms with Gasteiger partial charge in [-0.1, -0.05) is 19.8 Å². The topological polar surface area (TPSA) is 54.9 Å². The minimum Gasteiger partial charge on any atom is -0.297 e. The first-order chi connectivity index (χ1) is 10.7. The van der Waals surface area contributed by atoms with Gasteiger partial charge in [0.05, 0.1) is 16.4 Å². The van der Waals surface area contributed by atoms with Gasteiger partial charge in [-0.05, 0) is 39.0 Å². The molecule has 3 rings (SSSR count). The van der Waals surface area contributed by atoms with Gasteiger partial charge in [-0.25, -0.2) is 9.97 Å². The van der Waals surface area contributed by atoms with Crippen LogP contribution in [-0.4, -0.2) is 15.9 Å². The van der Waals surface area contributed by atoms with E-state index in [0.717, 1.165) is 35.1 Å². The van der Waals surface area contributed by atoms with Gasteiger partial charge in [0.25, 0.3) is 5.91 Å². The first kappa shape index (κ1) is 15.6. The normalized spacial score (nSPS) is 15.0. The van der Waals surface area contributed by atoms with E-state index in [1.807, 2.05) is 6.92 Å². The number of amides is 1. The lowest BCUT2D eigenvalue weighted by molar-refractivity contribution is 0.103. The molecule has 0 saturated carbocycles. The molecule has 0 saturated heterocycles. The molecular weight excluding hydrogens is 314 g/mol. The van der Waals surface area contributed by atoms with Crippen LogP contribution in [0, 0.1) is 6.92 Å². The summed E-state index contributed by atoms with van der Waals surface area (Å²) < 4.78 is 0. The maximum atomic E-state index is 12.4. The van der Waals surface area contributed by atoms with Crippen LogP contribution < -0.4 is 5.32 Å². The van der Waals surface area contributed by atoms with Crippen molar-refractivity contribution in [2.75, 3.05) is 5.32 Å². The van der Waals surface area contributed by atoms with Crippen LogP contribution in [0.25, 0.3) is 0 Å². The van der Waals surface area contributed by atoms with Crippen LogP contribution in [0.1, 0.15) is 63.6 Å². The summed E-state index contributed by atoms with van der Waals surface area (Å²) in [6, 6.07) is 0. The second kappa shape index (κ2) is 6.87. The Morgan fingerprint density at radius 2 is 1.91 bits per heavy atom. The average molecular weight is 335 g/mol. The summed E-state index contributed by atoms with van der Waals surface area (Å²) in [6.45, 7) is 3.95. The van der Waals surface area contributed by atoms with E-state index in [1.54, 1.807) is 11.3 Å². The largest absolute Gasteiger partial charge is 0.297 e. The lowest BCUT2D eigenvalue weighted by atomic mass is 10.0. The molecule has 0 spiro atoms. The summed E-state index contributed by atoms with van der Waals surface area (Å²) >= 11 is 3.12. The molecule has 2 heterocycles. The van der Waals surface area contributed by atoms with Crippen LogP contribution in [0.3, 0.4) is 0 Å². The van der Waals surface area contributed by atoms with Gasteiger partial charge >= 0.3 is 0 Å². The van der Waals surface area contributed by atoms with Crippen molar-refractivity contribution in [2.45, 2.75) is 58.8 Å². The molecule has 0 radical (unpaired) electrons. The van der Waals surface area contributed by atoms with Crippen LogP contribution in [-0.2, 0) is 19.3 Å². The van der Waals surface area contributed by atoms with Gasteiger partial charge in [-0.15, -0.1) is 22.7 Å². The zero-order chi connectivity index (χ0) is 15.5. The van der Waals surface area contributed by atoms with Gasteiger partial charge in [0.15, 0.2) is 5.13 Å². The maximum Gasteiger partial charge on any atom is 0.269 e. The molecule has 0 aliphatic heterocycles. The van der Waals surface area contributed by atoms with Gasteiger partial charge in [-0.3, -0.25) is 10.1 Å². The molecule has 0 unspecified atom stereocenters. The molecule has 2 aromatic rings. The van der Waals surface area contributed by atoms with Crippen LogP contribution in [0.2, 0.25) is 0 Å². The van der Waals surface area contributed by atoms with E-state index in [4.69, 9.17) is 0 Å². The number of nitrogens with zero attached hydrogens (tertiary/aromatic N) is 2. The number of rotatable bonds is 3. The van der Waals surface area contributed by atoms with Crippen LogP contribution in [0.4, 0.5) is 5.13 Å². The summed E-state index contributed by atoms with van der Waals surface area (Å²) in [5.41, 5.74) is 2.00. The maximum absolute atomic E-state index is 12.4. The number of nitrogens with one attached hydrogen (secondary N) is 1. The van der Waals surface area contributed by atoms with Crippen molar-refractivity contribution in [3.8, 4) is 0 Å². The molecule has 1 amide bonds. The molecule has 2 aromatic heterocycles. The van der Waals surface area contributed by atoms with Crippen molar-refractivity contribution < 1.29 is 4.79 Å². The Hall–Kier alpha value is -1.27. The van der Waals surface area contributed by atoms with E-state index < -0.39 is 0 Å². The summed E-state index contributed by atoms with van der Waals surface area (Å²) in [5, 5.41) is 4.72. The van der Waals surface area contributed by atoms with Gasteiger partial charge in [0.1, 0.15) is 4.88 Å². The Morgan fingerprint density at radius 1 is 1.14 bits per heavy atom. The summed E-state index contributed by atoms with van der Waals surface area (Å²) in [4.78, 5) is 23.6. The highest BCUT2D eigenvalue weighted by Gasteiger charge is 2.18. The summed E-state index contributed by atoms with van der Waals surface area (Å²) in [7, 11) is 0. The fourth-order valence-electron chi connectivity index (χ4n) is 2.73. The number of hydrogen-bond donors (Lipinski definition) is 1. The highest BCUT2D eigenvalue weighted by Crippen LogP contribution is 2.29. The number of carbonyl (C=O) groups is 1. The van der Waals surface area contributed by atoms with Gasteiger partial charge < -0.3 is 0 Å². The van der Waals surface area contributed by atoms with E-state index in [9.17, 15) is 4.79 Å². The Balaban J connectivity index is 1.76. The Labute approximate surface area is 139 Å². The molecule has 1 aliphatic rings. The lowest BCUT2D eigenvalue weighted by Crippen LogP contribution is -2.11. The fraction of sp³-hybridized carbons (Fsp3) is 0.562. The third-order valence-electron chi connectivity index (χ3n) is 3.92. The number of fused-ring (bicyclic) bond motifs is 1. The van der Waals surface area contributed by atoms with E-state index in [1.165, 1.54) is 47.6 Å². The van der Waals surface area contributed by atoms with E-state index in [0.29, 0.717) is 4.88 Å². The Morgan fingerprint density at radius 3 is 2.64 bits per heavy atom. The van der Waals surface area contributed by atoms with Crippen LogP contribution in [0.15, 0.2) is 0 Å². The molecule has 1 N–H and O–H groups in total. The predicted octanol–water partition coefficient (Wildman–Crippen LogP) is 4.38. The third-order valence-corrected chi connectivity index (χ3v) is 6.29. The van der Waals surface area contributed by atoms with Crippen molar-refractivity contribution in [1.29, 1.82) is 0 Å². The predicted molar refractivity (Wildman–Crippen MR) is 92.2 cm³/mol. The van der Waals surface area contributed by atoms with Crippen molar-refractivity contribution in [2.24, 2.45) is 0 Å². The molecule has 118 valence electrons. The number of hydrogen-bond acceptors (Lipinski definition) is 5. The second-order valence-corrected chi connectivity index (χ2v) is 7.80. The van der Waals surface area contributed by atoms with Gasteiger partial charge in [-0.2, -0.15) is 0 Å². The number of anilines is 1. The van der Waals surface area contributed by atoms with Crippen molar-refractivity contribution in [3.05, 3.63) is 26.1 Å². The molecule has 22 heavy (non-hydrogen) atoms. The quantitative estimate of drug-likeness (QED) is 0.905. The first-order valence-electron chi connectivity index (χ1n) is 7.93. The fourth-order valence-corrected chi connectivity index (χ4v) is 4.67. The molecule has 1 aliphatic carbocycles. The first-order valence-corrected chi connectivity index (χ1v) is 9.57. The number of carbonyl (C=O) groups excluding carboxylic acids is 1. The van der Waals surface area contributed by atoms with E-state index in [-0.39, 0.29) is 5.91 Å². The molecular formula is C16H21N3OS2. The van der Waals surface area contributed by atoms with Crippen molar-refractivity contribution in [1.82, 2.24) is 9.97 Å². The molecule has 0 atom stereocenters. The summed E-state index contributed by atoms with van der Waals surface area (Å²) in [5.74, 6) is -0.0728. The van der Waals surface area contributed by atoms with Crippen LogP contribution in [0.5, 0.6) is 0 Å².